The van der Waals surface area contributed by atoms with Crippen molar-refractivity contribution < 1.29 is 18.7 Å². The fourth-order valence-corrected chi connectivity index (χ4v) is 2.54. The molecule has 150 valence electrons. The van der Waals surface area contributed by atoms with Gasteiger partial charge in [-0.1, -0.05) is 36.4 Å². The first-order valence-electron chi connectivity index (χ1n) is 9.04. The standard InChI is InChI=1S/C21H17N5O4/c27-20(18-13-22-26(25-18)15-7-3-1-4-8-15)23-24-21(28)19-12-11-17(30-19)14-29-16-9-5-2-6-10-16/h1-13H,14H2,(H,23,27)(H,24,28). The molecule has 0 saturated carbocycles. The molecule has 2 aromatic heterocycles. The molecule has 4 aromatic rings. The largest absolute Gasteiger partial charge is 0.486 e. The van der Waals surface area contributed by atoms with Gasteiger partial charge in [0.05, 0.1) is 11.9 Å². The number of carbonyl (C=O) groups excluding carboxylic acids is 2. The second-order valence-corrected chi connectivity index (χ2v) is 6.13. The van der Waals surface area contributed by atoms with Gasteiger partial charge in [0.15, 0.2) is 11.5 Å². The SMILES string of the molecule is O=C(NNC(=O)c1ccc(COc2ccccc2)o1)c1cnn(-c2ccccc2)n1. The molecule has 0 bridgehead atoms. The van der Waals surface area contributed by atoms with E-state index in [1.54, 1.807) is 18.2 Å². The summed E-state index contributed by atoms with van der Waals surface area (Å²) in [6.45, 7) is 0.173. The summed E-state index contributed by atoms with van der Waals surface area (Å²) in [5.74, 6) is -0.0127. The zero-order valence-electron chi connectivity index (χ0n) is 15.7. The molecule has 0 saturated heterocycles. The van der Waals surface area contributed by atoms with Gasteiger partial charge in [-0.05, 0) is 36.4 Å². The molecule has 0 unspecified atom stereocenters. The van der Waals surface area contributed by atoms with Crippen LogP contribution in [0, 0.1) is 0 Å². The Balaban J connectivity index is 1.30. The van der Waals surface area contributed by atoms with Crippen molar-refractivity contribution in [3.05, 3.63) is 96.2 Å². The third kappa shape index (κ3) is 4.53. The molecule has 2 aromatic carbocycles. The number of benzene rings is 2. The fraction of sp³-hybridized carbons (Fsp3) is 0.0476. The van der Waals surface area contributed by atoms with Crippen LogP contribution in [0.5, 0.6) is 5.75 Å². The molecule has 2 amide bonds. The average Bonchev–Trinajstić information content (AvgIpc) is 3.47. The maximum atomic E-state index is 12.2. The fourth-order valence-electron chi connectivity index (χ4n) is 2.54. The summed E-state index contributed by atoms with van der Waals surface area (Å²) in [4.78, 5) is 25.7. The first kappa shape index (κ1) is 18.9. The van der Waals surface area contributed by atoms with Crippen LogP contribution in [-0.4, -0.2) is 26.8 Å². The Bertz CT molecular complexity index is 1140. The van der Waals surface area contributed by atoms with Crippen LogP contribution in [0.1, 0.15) is 26.8 Å². The summed E-state index contributed by atoms with van der Waals surface area (Å²) < 4.78 is 11.0. The summed E-state index contributed by atoms with van der Waals surface area (Å²) in [7, 11) is 0. The van der Waals surface area contributed by atoms with Crippen molar-refractivity contribution in [2.45, 2.75) is 6.61 Å². The van der Waals surface area contributed by atoms with E-state index in [0.29, 0.717) is 17.2 Å². The molecule has 0 atom stereocenters. The Morgan fingerprint density at radius 2 is 1.60 bits per heavy atom. The number of hydrogen-bond donors (Lipinski definition) is 2. The molecule has 2 heterocycles. The van der Waals surface area contributed by atoms with Crippen molar-refractivity contribution >= 4 is 11.8 Å². The van der Waals surface area contributed by atoms with Crippen LogP contribution in [-0.2, 0) is 6.61 Å². The average molecular weight is 403 g/mol. The minimum atomic E-state index is -0.607. The number of ether oxygens (including phenoxy) is 1. The van der Waals surface area contributed by atoms with Crippen LogP contribution < -0.4 is 15.6 Å². The molecule has 2 N–H and O–H groups in total. The zero-order valence-corrected chi connectivity index (χ0v) is 15.7. The van der Waals surface area contributed by atoms with Crippen molar-refractivity contribution in [3.8, 4) is 11.4 Å². The van der Waals surface area contributed by atoms with Crippen LogP contribution in [0.4, 0.5) is 0 Å². The van der Waals surface area contributed by atoms with Gasteiger partial charge >= 0.3 is 5.91 Å². The summed E-state index contributed by atoms with van der Waals surface area (Å²) in [5, 5.41) is 8.13. The number of nitrogens with zero attached hydrogens (tertiary/aromatic N) is 3. The molecule has 0 fully saturated rings. The number of nitrogens with one attached hydrogen (secondary N) is 2. The molecule has 0 radical (unpaired) electrons. The van der Waals surface area contributed by atoms with Crippen molar-refractivity contribution in [1.82, 2.24) is 25.8 Å². The molecular formula is C21H17N5O4. The third-order valence-electron chi connectivity index (χ3n) is 4.01. The third-order valence-corrected chi connectivity index (χ3v) is 4.01. The Labute approximate surface area is 171 Å². The van der Waals surface area contributed by atoms with E-state index < -0.39 is 11.8 Å². The van der Waals surface area contributed by atoms with Crippen LogP contribution in [0.15, 0.2) is 83.4 Å². The smallest absolute Gasteiger partial charge is 0.305 e. The molecule has 0 spiro atoms. The van der Waals surface area contributed by atoms with Gasteiger partial charge in [-0.3, -0.25) is 20.4 Å². The predicted molar refractivity (Wildman–Crippen MR) is 106 cm³/mol. The van der Waals surface area contributed by atoms with Crippen LogP contribution >= 0.6 is 0 Å². The van der Waals surface area contributed by atoms with Gasteiger partial charge in [-0.2, -0.15) is 9.90 Å². The van der Waals surface area contributed by atoms with Crippen molar-refractivity contribution in [2.75, 3.05) is 0 Å². The topological polar surface area (TPSA) is 111 Å². The van der Waals surface area contributed by atoms with E-state index in [2.05, 4.69) is 21.0 Å². The van der Waals surface area contributed by atoms with Gasteiger partial charge in [-0.25, -0.2) is 0 Å². The van der Waals surface area contributed by atoms with Crippen molar-refractivity contribution in [2.24, 2.45) is 0 Å². The minimum Gasteiger partial charge on any atom is -0.486 e. The molecule has 0 aliphatic rings. The van der Waals surface area contributed by atoms with Gasteiger partial charge in [0.25, 0.3) is 5.91 Å². The summed E-state index contributed by atoms with van der Waals surface area (Å²) in [5.41, 5.74) is 5.33. The normalized spacial score (nSPS) is 10.4. The van der Waals surface area contributed by atoms with Crippen LogP contribution in [0.3, 0.4) is 0 Å². The lowest BCUT2D eigenvalue weighted by atomic mass is 10.3. The van der Waals surface area contributed by atoms with E-state index in [9.17, 15) is 9.59 Å². The summed E-state index contributed by atoms with van der Waals surface area (Å²) in [6.07, 6.45) is 1.31. The Morgan fingerprint density at radius 1 is 0.900 bits per heavy atom. The van der Waals surface area contributed by atoms with Gasteiger partial charge in [0.2, 0.25) is 0 Å². The van der Waals surface area contributed by atoms with E-state index in [1.165, 1.54) is 17.1 Å². The van der Waals surface area contributed by atoms with E-state index >= 15 is 0 Å². The maximum absolute atomic E-state index is 12.2. The first-order chi connectivity index (χ1) is 14.7. The second kappa shape index (κ2) is 8.74. The zero-order chi connectivity index (χ0) is 20.8. The highest BCUT2D eigenvalue weighted by Crippen LogP contribution is 2.14. The minimum absolute atomic E-state index is 0.0369. The number of amides is 2. The van der Waals surface area contributed by atoms with Crippen LogP contribution in [0.25, 0.3) is 5.69 Å². The van der Waals surface area contributed by atoms with Gasteiger partial charge in [0.1, 0.15) is 18.1 Å². The van der Waals surface area contributed by atoms with Gasteiger partial charge in [0, 0.05) is 0 Å². The molecular weight excluding hydrogens is 386 g/mol. The Morgan fingerprint density at radius 3 is 2.37 bits per heavy atom. The second-order valence-electron chi connectivity index (χ2n) is 6.13. The summed E-state index contributed by atoms with van der Waals surface area (Å²) in [6, 6.07) is 21.5. The molecule has 30 heavy (non-hydrogen) atoms. The Kier molecular flexibility index (Phi) is 5.52. The van der Waals surface area contributed by atoms with Gasteiger partial charge < -0.3 is 9.15 Å². The highest BCUT2D eigenvalue weighted by Gasteiger charge is 2.15. The van der Waals surface area contributed by atoms with E-state index in [0.717, 1.165) is 0 Å². The van der Waals surface area contributed by atoms with E-state index in [-0.39, 0.29) is 18.1 Å². The van der Waals surface area contributed by atoms with Gasteiger partial charge in [-0.15, -0.1) is 5.10 Å². The van der Waals surface area contributed by atoms with Crippen molar-refractivity contribution in [1.29, 1.82) is 0 Å². The molecule has 0 aliphatic carbocycles. The number of para-hydroxylation sites is 2. The number of hydrogen-bond acceptors (Lipinski definition) is 6. The lowest BCUT2D eigenvalue weighted by Crippen LogP contribution is -2.41. The number of furan rings is 1. The number of carbonyl (C=O) groups is 2. The number of rotatable bonds is 6. The van der Waals surface area contributed by atoms with E-state index in [1.807, 2.05) is 48.5 Å². The molecule has 0 aliphatic heterocycles. The first-order valence-corrected chi connectivity index (χ1v) is 9.04. The van der Waals surface area contributed by atoms with Crippen LogP contribution in [0.2, 0.25) is 0 Å². The molecule has 9 heteroatoms. The number of aromatic nitrogens is 3. The predicted octanol–water partition coefficient (Wildman–Crippen LogP) is 2.51. The highest BCUT2D eigenvalue weighted by atomic mass is 16.5. The quantitative estimate of drug-likeness (QED) is 0.479. The lowest BCUT2D eigenvalue weighted by molar-refractivity contribution is 0.0826. The monoisotopic (exact) mass is 403 g/mol. The maximum Gasteiger partial charge on any atom is 0.305 e. The lowest BCUT2D eigenvalue weighted by Gasteiger charge is -2.04. The van der Waals surface area contributed by atoms with Crippen molar-refractivity contribution in [3.63, 3.8) is 0 Å². The number of hydrazine groups is 1. The summed E-state index contributed by atoms with van der Waals surface area (Å²) >= 11 is 0. The molecule has 4 rings (SSSR count). The highest BCUT2D eigenvalue weighted by molar-refractivity contribution is 5.96. The molecule has 9 nitrogen and oxygen atoms in total. The Hall–Kier alpha value is -4.40. The van der Waals surface area contributed by atoms with E-state index in [4.69, 9.17) is 9.15 Å².